The second kappa shape index (κ2) is 14.0. The van der Waals surface area contributed by atoms with Crippen molar-refractivity contribution in [1.82, 2.24) is 0 Å². The van der Waals surface area contributed by atoms with Gasteiger partial charge in [-0.3, -0.25) is 0 Å². The Morgan fingerprint density at radius 2 is 1.24 bits per heavy atom. The zero-order valence-corrected chi connectivity index (χ0v) is 18.3. The second-order valence-electron chi connectivity index (χ2n) is 7.44. The van der Waals surface area contributed by atoms with Gasteiger partial charge in [0.1, 0.15) is 5.56 Å². The molecule has 0 aliphatic rings. The van der Waals surface area contributed by atoms with E-state index >= 15 is 0 Å². The summed E-state index contributed by atoms with van der Waals surface area (Å²) >= 11 is 0. The van der Waals surface area contributed by atoms with Crippen LogP contribution in [0, 0.1) is 0 Å². The number of phenolic OH excluding ortho intramolecular Hbond substituents is 1. The number of phenols is 2. The Bertz CT molecular complexity index is 627. The van der Waals surface area contributed by atoms with Gasteiger partial charge in [0.05, 0.1) is 13.2 Å². The van der Waals surface area contributed by atoms with E-state index in [9.17, 15) is 20.1 Å². The third-order valence-electron chi connectivity index (χ3n) is 4.94. The first-order chi connectivity index (χ1) is 14.0. The summed E-state index contributed by atoms with van der Waals surface area (Å²) < 4.78 is 11.6. The highest BCUT2D eigenvalue weighted by atomic mass is 16.5. The number of unbranched alkanes of at least 4 members (excludes halogenated alkanes) is 7. The highest BCUT2D eigenvalue weighted by Gasteiger charge is 2.29. The zero-order valence-electron chi connectivity index (χ0n) is 18.3. The molecule has 0 atom stereocenters. The molecule has 0 spiro atoms. The van der Waals surface area contributed by atoms with E-state index in [0.29, 0.717) is 25.2 Å². The molecule has 0 amide bonds. The summed E-state index contributed by atoms with van der Waals surface area (Å²) in [6.07, 6.45) is 10.2. The Morgan fingerprint density at radius 3 is 1.79 bits per heavy atom. The summed E-state index contributed by atoms with van der Waals surface area (Å²) in [6, 6.07) is 0. The van der Waals surface area contributed by atoms with Gasteiger partial charge in [0.25, 0.3) is 0 Å². The van der Waals surface area contributed by atoms with Gasteiger partial charge in [0.2, 0.25) is 11.5 Å². The van der Waals surface area contributed by atoms with Crippen molar-refractivity contribution >= 4 is 5.97 Å². The molecule has 0 saturated carbocycles. The van der Waals surface area contributed by atoms with Crippen LogP contribution in [0.3, 0.4) is 0 Å². The monoisotopic (exact) mass is 410 g/mol. The van der Waals surface area contributed by atoms with Crippen molar-refractivity contribution in [1.29, 1.82) is 0 Å². The number of aromatic carboxylic acids is 1. The number of benzene rings is 1. The summed E-state index contributed by atoms with van der Waals surface area (Å²) in [5.74, 6) is -2.17. The first-order valence-electron chi connectivity index (χ1n) is 11.1. The summed E-state index contributed by atoms with van der Waals surface area (Å²) in [5, 5.41) is 30.5. The van der Waals surface area contributed by atoms with Crippen molar-refractivity contribution in [3.05, 3.63) is 11.1 Å². The average Bonchev–Trinajstić information content (AvgIpc) is 2.69. The van der Waals surface area contributed by atoms with E-state index in [0.717, 1.165) is 51.4 Å². The number of ether oxygens (including phenoxy) is 2. The molecule has 0 heterocycles. The van der Waals surface area contributed by atoms with Crippen LogP contribution in [0.15, 0.2) is 0 Å². The molecule has 6 heteroatoms. The van der Waals surface area contributed by atoms with Crippen molar-refractivity contribution in [2.24, 2.45) is 0 Å². The zero-order chi connectivity index (χ0) is 21.6. The van der Waals surface area contributed by atoms with Gasteiger partial charge < -0.3 is 24.8 Å². The lowest BCUT2D eigenvalue weighted by atomic mass is 9.97. The third-order valence-corrected chi connectivity index (χ3v) is 4.94. The molecule has 166 valence electrons. The van der Waals surface area contributed by atoms with Gasteiger partial charge in [-0.25, -0.2) is 4.79 Å². The molecule has 29 heavy (non-hydrogen) atoms. The van der Waals surface area contributed by atoms with Crippen LogP contribution in [0.1, 0.15) is 101 Å². The van der Waals surface area contributed by atoms with Crippen LogP contribution < -0.4 is 9.47 Å². The van der Waals surface area contributed by atoms with Crippen molar-refractivity contribution < 1.29 is 29.6 Å². The second-order valence-corrected chi connectivity index (χ2v) is 7.44. The van der Waals surface area contributed by atoms with Crippen molar-refractivity contribution in [2.45, 2.75) is 91.4 Å². The van der Waals surface area contributed by atoms with Gasteiger partial charge in [0, 0.05) is 5.56 Å². The van der Waals surface area contributed by atoms with E-state index < -0.39 is 17.5 Å². The molecule has 3 N–H and O–H groups in total. The molecule has 0 unspecified atom stereocenters. The molecule has 0 fully saturated rings. The van der Waals surface area contributed by atoms with Crippen LogP contribution in [0.4, 0.5) is 0 Å². The topological polar surface area (TPSA) is 96.2 Å². The first-order valence-corrected chi connectivity index (χ1v) is 11.1. The first kappa shape index (κ1) is 24.9. The summed E-state index contributed by atoms with van der Waals surface area (Å²) in [4.78, 5) is 11.9. The molecule has 1 aromatic rings. The normalized spacial score (nSPS) is 10.9. The van der Waals surface area contributed by atoms with Crippen molar-refractivity contribution in [3.8, 4) is 23.0 Å². The van der Waals surface area contributed by atoms with Crippen LogP contribution in [-0.2, 0) is 6.42 Å². The number of carboxylic acid groups (broad SMARTS) is 1. The summed E-state index contributed by atoms with van der Waals surface area (Å²) in [7, 11) is 0. The number of hydrogen-bond acceptors (Lipinski definition) is 5. The van der Waals surface area contributed by atoms with Crippen LogP contribution >= 0.6 is 0 Å². The Morgan fingerprint density at radius 1 is 0.724 bits per heavy atom. The van der Waals surface area contributed by atoms with Gasteiger partial charge in [-0.05, 0) is 25.7 Å². The lowest BCUT2D eigenvalue weighted by Gasteiger charge is -2.21. The van der Waals surface area contributed by atoms with Crippen LogP contribution in [0.2, 0.25) is 0 Å². The minimum absolute atomic E-state index is 0.0537. The molecular formula is C23H38O6. The predicted molar refractivity (Wildman–Crippen MR) is 115 cm³/mol. The molecule has 1 aromatic carbocycles. The fourth-order valence-corrected chi connectivity index (χ4v) is 3.20. The molecule has 0 aliphatic heterocycles. The number of hydrogen-bond donors (Lipinski definition) is 3. The maximum atomic E-state index is 11.9. The number of carbonyl (C=O) groups is 1. The molecule has 0 aliphatic carbocycles. The highest BCUT2D eigenvalue weighted by Crippen LogP contribution is 2.49. The minimum Gasteiger partial charge on any atom is -0.504 e. The number of carboxylic acids is 1. The molecule has 6 nitrogen and oxygen atoms in total. The van der Waals surface area contributed by atoms with Gasteiger partial charge in [0.15, 0.2) is 11.5 Å². The summed E-state index contributed by atoms with van der Waals surface area (Å²) in [5.41, 5.74) is 0.122. The Hall–Kier alpha value is -2.11. The summed E-state index contributed by atoms with van der Waals surface area (Å²) in [6.45, 7) is 6.98. The number of aromatic hydroxyl groups is 2. The molecule has 1 rings (SSSR count). The van der Waals surface area contributed by atoms with Crippen LogP contribution in [-0.4, -0.2) is 34.5 Å². The Kier molecular flexibility index (Phi) is 12.0. The lowest BCUT2D eigenvalue weighted by Crippen LogP contribution is -2.11. The maximum absolute atomic E-state index is 11.9. The predicted octanol–water partition coefficient (Wildman–Crippen LogP) is 6.06. The SMILES string of the molecule is CCCCCCCCc1c(OCCCC)c(OCCCC)c(O)c(O)c1C(=O)O. The van der Waals surface area contributed by atoms with E-state index in [1.54, 1.807) is 0 Å². The van der Waals surface area contributed by atoms with E-state index in [2.05, 4.69) is 6.92 Å². The smallest absolute Gasteiger partial charge is 0.340 e. The average molecular weight is 411 g/mol. The molecule has 0 bridgehead atoms. The number of rotatable bonds is 16. The maximum Gasteiger partial charge on any atom is 0.340 e. The molecule has 0 saturated heterocycles. The third kappa shape index (κ3) is 7.67. The van der Waals surface area contributed by atoms with Gasteiger partial charge in [-0.15, -0.1) is 0 Å². The molecular weight excluding hydrogens is 372 g/mol. The van der Waals surface area contributed by atoms with E-state index in [4.69, 9.17) is 9.47 Å². The highest BCUT2D eigenvalue weighted by molar-refractivity contribution is 5.96. The standard InChI is InChI=1S/C23H38O6/c1-4-7-10-11-12-13-14-17-18(23(26)27)19(24)20(25)22(29-16-9-6-3)21(17)28-15-8-5-2/h24-25H,4-16H2,1-3H3,(H,26,27). The van der Waals surface area contributed by atoms with Crippen molar-refractivity contribution in [2.75, 3.05) is 13.2 Å². The van der Waals surface area contributed by atoms with Gasteiger partial charge in [-0.2, -0.15) is 0 Å². The minimum atomic E-state index is -1.28. The van der Waals surface area contributed by atoms with Gasteiger partial charge >= 0.3 is 5.97 Å². The fraction of sp³-hybridized carbons (Fsp3) is 0.696. The lowest BCUT2D eigenvalue weighted by molar-refractivity contribution is 0.0690. The van der Waals surface area contributed by atoms with Gasteiger partial charge in [-0.1, -0.05) is 65.7 Å². The largest absolute Gasteiger partial charge is 0.504 e. The quantitative estimate of drug-likeness (QED) is 0.226. The Balaban J connectivity index is 3.22. The van der Waals surface area contributed by atoms with E-state index in [-0.39, 0.29) is 17.1 Å². The van der Waals surface area contributed by atoms with Crippen LogP contribution in [0.5, 0.6) is 23.0 Å². The van der Waals surface area contributed by atoms with E-state index in [1.165, 1.54) is 12.8 Å². The molecule has 0 radical (unpaired) electrons. The van der Waals surface area contributed by atoms with Crippen LogP contribution in [0.25, 0.3) is 0 Å². The molecule has 0 aromatic heterocycles. The van der Waals surface area contributed by atoms with Crippen molar-refractivity contribution in [3.63, 3.8) is 0 Å². The van der Waals surface area contributed by atoms with E-state index in [1.807, 2.05) is 13.8 Å². The fourth-order valence-electron chi connectivity index (χ4n) is 3.20. The Labute approximate surface area is 174 Å².